The summed E-state index contributed by atoms with van der Waals surface area (Å²) in [5.41, 5.74) is 5.57. The average Bonchev–Trinajstić information content (AvgIpc) is 3.30. The summed E-state index contributed by atoms with van der Waals surface area (Å²) < 4.78 is 26.0. The van der Waals surface area contributed by atoms with Crippen LogP contribution in [0.25, 0.3) is 22.2 Å². The van der Waals surface area contributed by atoms with Crippen molar-refractivity contribution in [1.82, 2.24) is 19.2 Å². The Morgan fingerprint density at radius 3 is 2.53 bits per heavy atom. The number of imidazole rings is 1. The van der Waals surface area contributed by atoms with Gasteiger partial charge >= 0.3 is 0 Å². The number of hydrogen-bond acceptors (Lipinski definition) is 5. The summed E-state index contributed by atoms with van der Waals surface area (Å²) in [5, 5.41) is 0. The average molecular weight is 503 g/mol. The Bertz CT molecular complexity index is 1430. The lowest BCUT2D eigenvalue weighted by atomic mass is 10.0. The molecule has 1 fully saturated rings. The molecule has 6 rings (SSSR count). The smallest absolute Gasteiger partial charge is 0.254 e. The lowest BCUT2D eigenvalue weighted by Crippen LogP contribution is -2.37. The van der Waals surface area contributed by atoms with Crippen LogP contribution in [0.4, 0.5) is 0 Å². The van der Waals surface area contributed by atoms with Gasteiger partial charge in [-0.2, -0.15) is 0 Å². The zero-order valence-corrected chi connectivity index (χ0v) is 20.5. The van der Waals surface area contributed by atoms with Crippen molar-refractivity contribution < 1.29 is 18.5 Å². The first-order valence-corrected chi connectivity index (χ1v) is 13.1. The summed E-state index contributed by atoms with van der Waals surface area (Å²) in [6, 6.07) is 19.3. The van der Waals surface area contributed by atoms with E-state index in [0.29, 0.717) is 56.5 Å². The summed E-state index contributed by atoms with van der Waals surface area (Å²) in [6.45, 7) is 3.81. The molecule has 4 aromatic rings. The molecule has 8 nitrogen and oxygen atoms in total. The highest BCUT2D eigenvalue weighted by atomic mass is 32.2. The Morgan fingerprint density at radius 2 is 1.69 bits per heavy atom. The Morgan fingerprint density at radius 1 is 0.917 bits per heavy atom. The van der Waals surface area contributed by atoms with Gasteiger partial charge in [-0.3, -0.25) is 4.79 Å². The maximum atomic E-state index is 13.4. The van der Waals surface area contributed by atoms with E-state index in [0.717, 1.165) is 33.5 Å². The minimum Gasteiger partial charge on any atom is -0.491 e. The minimum absolute atomic E-state index is 0.0700. The van der Waals surface area contributed by atoms with E-state index in [-0.39, 0.29) is 5.91 Å². The van der Waals surface area contributed by atoms with Crippen LogP contribution in [-0.4, -0.2) is 68.7 Å². The highest BCUT2D eigenvalue weighted by Crippen LogP contribution is 2.31. The maximum Gasteiger partial charge on any atom is 0.254 e. The Labute approximate surface area is 211 Å². The predicted octanol–water partition coefficient (Wildman–Crippen LogP) is 3.62. The van der Waals surface area contributed by atoms with Crippen LogP contribution in [0.3, 0.4) is 0 Å². The van der Waals surface area contributed by atoms with Crippen LogP contribution in [0, 0.1) is 0 Å². The van der Waals surface area contributed by atoms with Crippen LogP contribution in [0.1, 0.15) is 15.9 Å². The number of benzene rings is 3. The van der Waals surface area contributed by atoms with Gasteiger partial charge in [-0.1, -0.05) is 12.1 Å². The highest BCUT2D eigenvalue weighted by Gasteiger charge is 2.23. The summed E-state index contributed by atoms with van der Waals surface area (Å²) >= 11 is 0. The fourth-order valence-electron chi connectivity index (χ4n) is 4.62. The number of fused-ring (bicyclic) bond motifs is 2. The standard InChI is InChI=1S/C27H26N4O4S/c32-27(19-1-5-23(6-2-19)36(33)31-10-12-34-13-11-31)30-9-14-35-26-8-4-20(15-22(26)17-30)21-3-7-24-25(16-21)29-18-28-24/h1-8,15-16,18H,9-14,17H2,(H,28,29). The van der Waals surface area contributed by atoms with Crippen molar-refractivity contribution in [2.75, 3.05) is 39.5 Å². The molecule has 2 aliphatic rings. The monoisotopic (exact) mass is 502 g/mol. The zero-order chi connectivity index (χ0) is 24.5. The van der Waals surface area contributed by atoms with Crippen molar-refractivity contribution in [1.29, 1.82) is 0 Å². The quantitative estimate of drug-likeness (QED) is 0.461. The number of H-pyrrole nitrogens is 1. The molecule has 1 N–H and O–H groups in total. The topological polar surface area (TPSA) is 87.8 Å². The number of nitrogens with zero attached hydrogens (tertiary/aromatic N) is 3. The van der Waals surface area contributed by atoms with Gasteiger partial charge in [0.15, 0.2) is 0 Å². The first-order valence-electron chi connectivity index (χ1n) is 12.0. The third-order valence-corrected chi connectivity index (χ3v) is 8.10. The second kappa shape index (κ2) is 9.85. The summed E-state index contributed by atoms with van der Waals surface area (Å²) in [5.74, 6) is 0.729. The molecule has 0 spiro atoms. The zero-order valence-electron chi connectivity index (χ0n) is 19.7. The van der Waals surface area contributed by atoms with Gasteiger partial charge in [0, 0.05) is 30.8 Å². The lowest BCUT2D eigenvalue weighted by molar-refractivity contribution is 0.0733. The Kier molecular flexibility index (Phi) is 6.27. The first-order chi connectivity index (χ1) is 17.7. The van der Waals surface area contributed by atoms with Crippen molar-refractivity contribution in [3.8, 4) is 16.9 Å². The Hall–Kier alpha value is -3.53. The third kappa shape index (κ3) is 4.53. The van der Waals surface area contributed by atoms with Gasteiger partial charge in [0.1, 0.15) is 23.3 Å². The number of carbonyl (C=O) groups excluding carboxylic acids is 1. The van der Waals surface area contributed by atoms with Gasteiger partial charge in [0.05, 0.1) is 42.0 Å². The Balaban J connectivity index is 1.21. The second-order valence-electron chi connectivity index (χ2n) is 8.85. The number of carbonyl (C=O) groups is 1. The van der Waals surface area contributed by atoms with E-state index < -0.39 is 11.0 Å². The molecular weight excluding hydrogens is 476 g/mol. The molecule has 3 heterocycles. The number of amides is 1. The van der Waals surface area contributed by atoms with Crippen LogP contribution in [0.2, 0.25) is 0 Å². The molecule has 1 saturated heterocycles. The number of rotatable bonds is 4. The molecule has 3 aromatic carbocycles. The van der Waals surface area contributed by atoms with Crippen LogP contribution in [-0.2, 0) is 22.3 Å². The van der Waals surface area contributed by atoms with E-state index in [1.165, 1.54) is 0 Å². The molecule has 0 aliphatic carbocycles. The molecular formula is C27H26N4O4S. The van der Waals surface area contributed by atoms with E-state index in [9.17, 15) is 9.00 Å². The molecule has 9 heteroatoms. The van der Waals surface area contributed by atoms with Crippen LogP contribution < -0.4 is 4.74 Å². The molecule has 1 atom stereocenters. The molecule has 0 saturated carbocycles. The molecule has 1 aromatic heterocycles. The van der Waals surface area contributed by atoms with Gasteiger partial charge in [-0.15, -0.1) is 0 Å². The number of hydrogen-bond donors (Lipinski definition) is 1. The molecule has 36 heavy (non-hydrogen) atoms. The first kappa shape index (κ1) is 22.9. The fourth-order valence-corrected chi connectivity index (χ4v) is 5.77. The van der Waals surface area contributed by atoms with Crippen LogP contribution >= 0.6 is 0 Å². The number of ether oxygens (including phenoxy) is 2. The van der Waals surface area contributed by atoms with E-state index >= 15 is 0 Å². The van der Waals surface area contributed by atoms with Crippen LogP contribution in [0.5, 0.6) is 5.75 Å². The largest absolute Gasteiger partial charge is 0.491 e. The summed E-state index contributed by atoms with van der Waals surface area (Å²) in [6.07, 6.45) is 1.69. The fraction of sp³-hybridized carbons (Fsp3) is 0.259. The van der Waals surface area contributed by atoms with Gasteiger partial charge in [-0.05, 0) is 59.7 Å². The normalized spacial score (nSPS) is 17.3. The second-order valence-corrected chi connectivity index (χ2v) is 10.3. The summed E-state index contributed by atoms with van der Waals surface area (Å²) in [7, 11) is -1.25. The maximum absolute atomic E-state index is 13.4. The van der Waals surface area contributed by atoms with Crippen LogP contribution in [0.15, 0.2) is 71.9 Å². The molecule has 2 aliphatic heterocycles. The molecule has 0 radical (unpaired) electrons. The van der Waals surface area contributed by atoms with Crippen molar-refractivity contribution in [2.24, 2.45) is 0 Å². The van der Waals surface area contributed by atoms with Crippen molar-refractivity contribution in [2.45, 2.75) is 11.4 Å². The minimum atomic E-state index is -1.25. The number of nitrogens with one attached hydrogen (secondary N) is 1. The van der Waals surface area contributed by atoms with Gasteiger partial charge < -0.3 is 19.4 Å². The molecule has 1 unspecified atom stereocenters. The number of aromatic nitrogens is 2. The van der Waals surface area contributed by atoms with Crippen molar-refractivity contribution in [3.63, 3.8) is 0 Å². The molecule has 0 bridgehead atoms. The SMILES string of the molecule is O=C(c1ccc(S(=O)N2CCOCC2)cc1)N1CCOc2ccc(-c3ccc4nc[nH]c4c3)cc2C1. The third-order valence-electron chi connectivity index (χ3n) is 6.59. The van der Waals surface area contributed by atoms with Crippen molar-refractivity contribution >= 4 is 27.9 Å². The molecule has 1 amide bonds. The summed E-state index contributed by atoms with van der Waals surface area (Å²) in [4.78, 5) is 23.3. The van der Waals surface area contributed by atoms with E-state index in [2.05, 4.69) is 22.1 Å². The molecule has 184 valence electrons. The highest BCUT2D eigenvalue weighted by molar-refractivity contribution is 7.82. The van der Waals surface area contributed by atoms with Crippen molar-refractivity contribution in [3.05, 3.63) is 78.1 Å². The van der Waals surface area contributed by atoms with Gasteiger partial charge in [0.25, 0.3) is 5.91 Å². The van der Waals surface area contributed by atoms with Gasteiger partial charge in [0.2, 0.25) is 0 Å². The van der Waals surface area contributed by atoms with E-state index in [1.54, 1.807) is 30.6 Å². The number of aromatic amines is 1. The number of morpholine rings is 1. The predicted molar refractivity (Wildman–Crippen MR) is 137 cm³/mol. The van der Waals surface area contributed by atoms with E-state index in [4.69, 9.17) is 9.47 Å². The van der Waals surface area contributed by atoms with E-state index in [1.807, 2.05) is 33.5 Å². The van der Waals surface area contributed by atoms with Gasteiger partial charge in [-0.25, -0.2) is 13.5 Å². The lowest BCUT2D eigenvalue weighted by Gasteiger charge is -2.25.